The maximum atomic E-state index is 12.3. The average molecular weight is 349 g/mol. The van der Waals surface area contributed by atoms with Gasteiger partial charge in [-0.15, -0.1) is 12.4 Å². The topological polar surface area (TPSA) is 64.4 Å². The summed E-state index contributed by atoms with van der Waals surface area (Å²) in [6, 6.07) is 14.1. The minimum absolute atomic E-state index is 0. The normalized spacial score (nSPS) is 16.2. The highest BCUT2D eigenvalue weighted by Gasteiger charge is 2.34. The average Bonchev–Trinajstić information content (AvgIpc) is 2.59. The number of carbonyl (C=O) groups excluding carboxylic acids is 1. The molecule has 1 aliphatic rings. The van der Waals surface area contributed by atoms with Crippen LogP contribution in [0.5, 0.6) is 5.75 Å². The summed E-state index contributed by atoms with van der Waals surface area (Å²) < 4.78 is 5.83. The maximum absolute atomic E-state index is 12.3. The molecule has 0 bridgehead atoms. The molecule has 5 heteroatoms. The third-order valence-electron chi connectivity index (χ3n) is 4.59. The lowest BCUT2D eigenvalue weighted by Crippen LogP contribution is -2.55. The van der Waals surface area contributed by atoms with Gasteiger partial charge in [0.15, 0.2) is 0 Å². The van der Waals surface area contributed by atoms with E-state index >= 15 is 0 Å². The van der Waals surface area contributed by atoms with Crippen LogP contribution in [0.3, 0.4) is 0 Å². The molecule has 0 radical (unpaired) electrons. The number of hydrogen-bond acceptors (Lipinski definition) is 3. The third kappa shape index (κ3) is 4.19. The first-order chi connectivity index (χ1) is 11.2. The van der Waals surface area contributed by atoms with Crippen LogP contribution in [0, 0.1) is 0 Å². The van der Waals surface area contributed by atoms with Crippen LogP contribution >= 0.6 is 12.4 Å². The second-order valence-corrected chi connectivity index (χ2v) is 6.30. The number of benzene rings is 2. The molecule has 1 aliphatic carbocycles. The first-order valence-corrected chi connectivity index (χ1v) is 8.37. The molecule has 1 saturated carbocycles. The van der Waals surface area contributed by atoms with Gasteiger partial charge >= 0.3 is 0 Å². The van der Waals surface area contributed by atoms with Gasteiger partial charge in [-0.1, -0.05) is 55.7 Å². The van der Waals surface area contributed by atoms with Gasteiger partial charge in [0.2, 0.25) is 5.91 Å². The number of halogens is 1. The van der Waals surface area contributed by atoms with Crippen LogP contribution in [0.1, 0.15) is 32.1 Å². The van der Waals surface area contributed by atoms with Crippen LogP contribution in [0.15, 0.2) is 42.5 Å². The minimum Gasteiger partial charge on any atom is -0.491 e. The Balaban J connectivity index is 0.00000208. The highest BCUT2D eigenvalue weighted by atomic mass is 35.5. The molecule has 4 nitrogen and oxygen atoms in total. The largest absolute Gasteiger partial charge is 0.491 e. The van der Waals surface area contributed by atoms with Crippen molar-refractivity contribution in [1.29, 1.82) is 0 Å². The van der Waals surface area contributed by atoms with Crippen LogP contribution in [-0.4, -0.2) is 24.6 Å². The summed E-state index contributed by atoms with van der Waals surface area (Å²) in [6.45, 7) is 0.914. The van der Waals surface area contributed by atoms with E-state index in [2.05, 4.69) is 17.4 Å². The highest BCUT2D eigenvalue weighted by Crippen LogP contribution is 2.26. The zero-order chi connectivity index (χ0) is 16.1. The molecule has 0 unspecified atom stereocenters. The number of nitrogens with two attached hydrogens (primary N) is 1. The second kappa shape index (κ2) is 8.36. The summed E-state index contributed by atoms with van der Waals surface area (Å²) in [6.07, 6.45) is 4.81. The third-order valence-corrected chi connectivity index (χ3v) is 4.59. The van der Waals surface area contributed by atoms with Crippen LogP contribution in [0.4, 0.5) is 0 Å². The minimum atomic E-state index is -0.683. The van der Waals surface area contributed by atoms with Crippen molar-refractivity contribution in [3.05, 3.63) is 42.5 Å². The predicted molar refractivity (Wildman–Crippen MR) is 99.7 cm³/mol. The molecule has 130 valence electrons. The lowest BCUT2D eigenvalue weighted by atomic mass is 9.82. The molecule has 3 rings (SSSR count). The molecule has 2 aromatic carbocycles. The van der Waals surface area contributed by atoms with Crippen molar-refractivity contribution in [1.82, 2.24) is 5.32 Å². The number of carbonyl (C=O) groups is 1. The van der Waals surface area contributed by atoms with E-state index in [4.69, 9.17) is 10.5 Å². The first-order valence-electron chi connectivity index (χ1n) is 8.37. The molecule has 1 fully saturated rings. The monoisotopic (exact) mass is 348 g/mol. The SMILES string of the molecule is Cl.NC1(C(=O)NCCOc2cccc3ccccc23)CCCCC1. The summed E-state index contributed by atoms with van der Waals surface area (Å²) in [5, 5.41) is 5.16. The molecule has 0 atom stereocenters. The van der Waals surface area contributed by atoms with Crippen LogP contribution in [0.25, 0.3) is 10.8 Å². The molecule has 0 heterocycles. The molecule has 0 aliphatic heterocycles. The van der Waals surface area contributed by atoms with Gasteiger partial charge in [0, 0.05) is 5.39 Å². The van der Waals surface area contributed by atoms with Crippen LogP contribution in [-0.2, 0) is 4.79 Å². The Labute approximate surface area is 149 Å². The summed E-state index contributed by atoms with van der Waals surface area (Å²) in [7, 11) is 0. The van der Waals surface area contributed by atoms with E-state index < -0.39 is 5.54 Å². The van der Waals surface area contributed by atoms with Crippen molar-refractivity contribution >= 4 is 29.1 Å². The van der Waals surface area contributed by atoms with Gasteiger partial charge in [0.25, 0.3) is 0 Å². The Hall–Kier alpha value is -1.78. The van der Waals surface area contributed by atoms with E-state index in [1.807, 2.05) is 30.3 Å². The van der Waals surface area contributed by atoms with E-state index in [1.54, 1.807) is 0 Å². The Morgan fingerprint density at radius 3 is 2.58 bits per heavy atom. The molecule has 0 spiro atoms. The van der Waals surface area contributed by atoms with E-state index in [-0.39, 0.29) is 18.3 Å². The number of rotatable bonds is 5. The Morgan fingerprint density at radius 2 is 1.79 bits per heavy atom. The zero-order valence-corrected chi connectivity index (χ0v) is 14.6. The molecular weight excluding hydrogens is 324 g/mol. The summed E-state index contributed by atoms with van der Waals surface area (Å²) in [4.78, 5) is 12.3. The van der Waals surface area contributed by atoms with E-state index in [0.717, 1.165) is 42.2 Å². The molecule has 0 saturated heterocycles. The maximum Gasteiger partial charge on any atom is 0.240 e. The number of nitrogens with one attached hydrogen (secondary N) is 1. The standard InChI is InChI=1S/C19H24N2O2.ClH/c20-19(11-4-1-5-12-19)18(22)21-13-14-23-17-10-6-8-15-7-2-3-9-16(15)17;/h2-3,6-10H,1,4-5,11-14,20H2,(H,21,22);1H. The number of ether oxygens (including phenoxy) is 1. The molecule has 0 aromatic heterocycles. The van der Waals surface area contributed by atoms with Gasteiger partial charge in [0.05, 0.1) is 12.1 Å². The van der Waals surface area contributed by atoms with Gasteiger partial charge in [-0.2, -0.15) is 0 Å². The molecular formula is C19H25ClN2O2. The van der Waals surface area contributed by atoms with Crippen molar-refractivity contribution in [2.75, 3.05) is 13.2 Å². The Morgan fingerprint density at radius 1 is 1.08 bits per heavy atom. The van der Waals surface area contributed by atoms with Gasteiger partial charge in [-0.05, 0) is 24.3 Å². The quantitative estimate of drug-likeness (QED) is 0.814. The summed E-state index contributed by atoms with van der Waals surface area (Å²) in [5.41, 5.74) is 5.53. The fourth-order valence-corrected chi connectivity index (χ4v) is 3.23. The van der Waals surface area contributed by atoms with Crippen molar-refractivity contribution in [3.63, 3.8) is 0 Å². The predicted octanol–water partition coefficient (Wildman–Crippen LogP) is 3.42. The second-order valence-electron chi connectivity index (χ2n) is 6.30. The van der Waals surface area contributed by atoms with Gasteiger partial charge in [-0.3, -0.25) is 4.79 Å². The lowest BCUT2D eigenvalue weighted by Gasteiger charge is -2.31. The molecule has 2 aromatic rings. The number of hydrogen-bond donors (Lipinski definition) is 2. The van der Waals surface area contributed by atoms with Crippen LogP contribution in [0.2, 0.25) is 0 Å². The lowest BCUT2D eigenvalue weighted by molar-refractivity contribution is -0.127. The van der Waals surface area contributed by atoms with Crippen molar-refractivity contribution in [2.45, 2.75) is 37.6 Å². The highest BCUT2D eigenvalue weighted by molar-refractivity contribution is 5.88. The van der Waals surface area contributed by atoms with Crippen molar-refractivity contribution in [2.24, 2.45) is 5.73 Å². The fourth-order valence-electron chi connectivity index (χ4n) is 3.23. The summed E-state index contributed by atoms with van der Waals surface area (Å²) >= 11 is 0. The number of fused-ring (bicyclic) bond motifs is 1. The van der Waals surface area contributed by atoms with Gasteiger partial charge in [-0.25, -0.2) is 0 Å². The zero-order valence-electron chi connectivity index (χ0n) is 13.8. The Bertz CT molecular complexity index is 679. The molecule has 3 N–H and O–H groups in total. The molecule has 24 heavy (non-hydrogen) atoms. The van der Waals surface area contributed by atoms with Crippen molar-refractivity contribution < 1.29 is 9.53 Å². The number of amides is 1. The Kier molecular flexibility index (Phi) is 6.46. The van der Waals surface area contributed by atoms with Gasteiger partial charge in [0.1, 0.15) is 12.4 Å². The van der Waals surface area contributed by atoms with Crippen molar-refractivity contribution in [3.8, 4) is 5.75 Å². The van der Waals surface area contributed by atoms with E-state index in [0.29, 0.717) is 13.2 Å². The first kappa shape index (κ1) is 18.6. The van der Waals surface area contributed by atoms with E-state index in [9.17, 15) is 4.79 Å². The van der Waals surface area contributed by atoms with E-state index in [1.165, 1.54) is 6.42 Å². The van der Waals surface area contributed by atoms with Gasteiger partial charge < -0.3 is 15.8 Å². The van der Waals surface area contributed by atoms with Crippen LogP contribution < -0.4 is 15.8 Å². The fraction of sp³-hybridized carbons (Fsp3) is 0.421. The summed E-state index contributed by atoms with van der Waals surface area (Å²) in [5.74, 6) is 0.802. The smallest absolute Gasteiger partial charge is 0.240 e. The molecule has 1 amide bonds.